The van der Waals surface area contributed by atoms with Gasteiger partial charge >= 0.3 is 0 Å². The zero-order valence-corrected chi connectivity index (χ0v) is 13.2. The summed E-state index contributed by atoms with van der Waals surface area (Å²) in [6, 6.07) is 7.92. The summed E-state index contributed by atoms with van der Waals surface area (Å²) in [6.07, 6.45) is 2.12. The minimum absolute atomic E-state index is 0.0137. The van der Waals surface area contributed by atoms with Crippen LogP contribution in [0.3, 0.4) is 0 Å². The van der Waals surface area contributed by atoms with Crippen molar-refractivity contribution >= 4 is 22.7 Å². The van der Waals surface area contributed by atoms with E-state index in [2.05, 4.69) is 11.9 Å². The molecule has 0 aliphatic rings. The van der Waals surface area contributed by atoms with Crippen molar-refractivity contribution in [2.75, 3.05) is 13.1 Å². The first-order valence-corrected chi connectivity index (χ1v) is 7.65. The molecule has 118 valence electrons. The van der Waals surface area contributed by atoms with E-state index in [0.29, 0.717) is 6.54 Å². The molecule has 0 atom stereocenters. The fraction of sp³-hybridized carbons (Fsp3) is 0.412. The van der Waals surface area contributed by atoms with Gasteiger partial charge in [0.05, 0.1) is 13.0 Å². The molecule has 2 amide bonds. The summed E-state index contributed by atoms with van der Waals surface area (Å²) in [5.74, 6) is -0.528. The molecule has 0 aliphatic heterocycles. The number of hydrogen-bond acceptors (Lipinski definition) is 2. The Hall–Kier alpha value is -2.30. The molecular formula is C17H23N3O2. The van der Waals surface area contributed by atoms with Crippen molar-refractivity contribution in [2.45, 2.75) is 33.1 Å². The second-order valence-electron chi connectivity index (χ2n) is 5.59. The number of para-hydroxylation sites is 1. The van der Waals surface area contributed by atoms with Gasteiger partial charge in [-0.15, -0.1) is 0 Å². The van der Waals surface area contributed by atoms with E-state index in [1.807, 2.05) is 31.2 Å². The van der Waals surface area contributed by atoms with Crippen molar-refractivity contribution in [1.82, 2.24) is 9.88 Å². The van der Waals surface area contributed by atoms with E-state index >= 15 is 0 Å². The van der Waals surface area contributed by atoms with Crippen LogP contribution in [0.1, 0.15) is 31.0 Å². The number of nitrogens with two attached hydrogens (primary N) is 1. The first-order valence-electron chi connectivity index (χ1n) is 7.65. The van der Waals surface area contributed by atoms with Crippen LogP contribution in [0.15, 0.2) is 24.3 Å². The number of hydrogen-bond donors (Lipinski definition) is 2. The first kappa shape index (κ1) is 16.1. The van der Waals surface area contributed by atoms with E-state index in [0.717, 1.165) is 35.0 Å². The van der Waals surface area contributed by atoms with Gasteiger partial charge in [0.2, 0.25) is 11.8 Å². The first-order chi connectivity index (χ1) is 10.5. The molecule has 5 heteroatoms. The zero-order valence-electron chi connectivity index (χ0n) is 13.2. The van der Waals surface area contributed by atoms with Gasteiger partial charge in [-0.05, 0) is 25.0 Å². The van der Waals surface area contributed by atoms with Gasteiger partial charge in [-0.1, -0.05) is 31.5 Å². The fourth-order valence-electron chi connectivity index (χ4n) is 2.65. The Morgan fingerprint density at radius 2 is 2.00 bits per heavy atom. The number of aromatic nitrogens is 1. The maximum Gasteiger partial charge on any atom is 0.237 e. The molecule has 0 saturated carbocycles. The molecule has 2 rings (SSSR count). The lowest BCUT2D eigenvalue weighted by Gasteiger charge is -2.21. The van der Waals surface area contributed by atoms with Gasteiger partial charge in [0.15, 0.2) is 0 Å². The number of aromatic amines is 1. The molecule has 0 aliphatic carbocycles. The Morgan fingerprint density at radius 1 is 1.27 bits per heavy atom. The normalized spacial score (nSPS) is 10.8. The Labute approximate surface area is 130 Å². The summed E-state index contributed by atoms with van der Waals surface area (Å²) in [7, 11) is 0. The molecule has 1 heterocycles. The number of unbranched alkanes of at least 4 members (excludes halogenated alkanes) is 1. The molecule has 2 aromatic rings. The fourth-order valence-corrected chi connectivity index (χ4v) is 2.65. The van der Waals surface area contributed by atoms with Gasteiger partial charge in [-0.2, -0.15) is 0 Å². The lowest BCUT2D eigenvalue weighted by Crippen LogP contribution is -2.39. The van der Waals surface area contributed by atoms with Crippen LogP contribution >= 0.6 is 0 Å². The lowest BCUT2D eigenvalue weighted by atomic mass is 10.1. The SMILES string of the molecule is CCCCN(CC(N)=O)C(=O)Cc1c(C)[nH]c2ccccc12. The van der Waals surface area contributed by atoms with Crippen molar-refractivity contribution in [2.24, 2.45) is 5.73 Å². The Bertz CT molecular complexity index is 676. The van der Waals surface area contributed by atoms with Crippen LogP contribution in [-0.4, -0.2) is 34.8 Å². The molecule has 0 bridgehead atoms. The Morgan fingerprint density at radius 3 is 2.68 bits per heavy atom. The molecular weight excluding hydrogens is 278 g/mol. The molecule has 0 saturated heterocycles. The number of nitrogens with zero attached hydrogens (tertiary/aromatic N) is 1. The van der Waals surface area contributed by atoms with Crippen molar-refractivity contribution in [3.63, 3.8) is 0 Å². The molecule has 5 nitrogen and oxygen atoms in total. The molecule has 22 heavy (non-hydrogen) atoms. The van der Waals surface area contributed by atoms with Crippen LogP contribution in [0, 0.1) is 6.92 Å². The average Bonchev–Trinajstić information content (AvgIpc) is 2.79. The number of rotatable bonds is 7. The lowest BCUT2D eigenvalue weighted by molar-refractivity contribution is -0.134. The van der Waals surface area contributed by atoms with Crippen molar-refractivity contribution in [3.05, 3.63) is 35.5 Å². The van der Waals surface area contributed by atoms with Crippen LogP contribution in [0.25, 0.3) is 10.9 Å². The number of benzene rings is 1. The van der Waals surface area contributed by atoms with Crippen molar-refractivity contribution in [3.8, 4) is 0 Å². The van der Waals surface area contributed by atoms with E-state index in [1.54, 1.807) is 4.90 Å². The summed E-state index contributed by atoms with van der Waals surface area (Å²) in [4.78, 5) is 28.6. The molecule has 0 spiro atoms. The third kappa shape index (κ3) is 3.67. The van der Waals surface area contributed by atoms with Gasteiger partial charge in [0, 0.05) is 23.1 Å². The predicted molar refractivity (Wildman–Crippen MR) is 87.4 cm³/mol. The van der Waals surface area contributed by atoms with E-state index in [9.17, 15) is 9.59 Å². The van der Waals surface area contributed by atoms with Crippen molar-refractivity contribution < 1.29 is 9.59 Å². The molecule has 1 aromatic carbocycles. The van der Waals surface area contributed by atoms with Crippen LogP contribution in [0.4, 0.5) is 0 Å². The topological polar surface area (TPSA) is 79.2 Å². The summed E-state index contributed by atoms with van der Waals surface area (Å²) in [6.45, 7) is 4.57. The number of H-pyrrole nitrogens is 1. The standard InChI is InChI=1S/C17H23N3O2/c1-3-4-9-20(11-16(18)21)17(22)10-14-12(2)19-15-8-6-5-7-13(14)15/h5-8,19H,3-4,9-11H2,1-2H3,(H2,18,21). The maximum atomic E-state index is 12.6. The van der Waals surface area contributed by atoms with Crippen LogP contribution < -0.4 is 5.73 Å². The van der Waals surface area contributed by atoms with E-state index in [-0.39, 0.29) is 18.9 Å². The number of amides is 2. The largest absolute Gasteiger partial charge is 0.368 e. The third-order valence-electron chi connectivity index (χ3n) is 3.84. The molecule has 0 unspecified atom stereocenters. The highest BCUT2D eigenvalue weighted by molar-refractivity contribution is 5.91. The second kappa shape index (κ2) is 7.11. The molecule has 1 aromatic heterocycles. The number of aryl methyl sites for hydroxylation is 1. The molecule has 0 fully saturated rings. The number of fused-ring (bicyclic) bond motifs is 1. The van der Waals surface area contributed by atoms with E-state index in [4.69, 9.17) is 5.73 Å². The van der Waals surface area contributed by atoms with Crippen LogP contribution in [-0.2, 0) is 16.0 Å². The number of primary amides is 1. The highest BCUT2D eigenvalue weighted by Gasteiger charge is 2.18. The van der Waals surface area contributed by atoms with Gasteiger partial charge in [-0.3, -0.25) is 9.59 Å². The zero-order chi connectivity index (χ0) is 16.1. The van der Waals surface area contributed by atoms with E-state index < -0.39 is 5.91 Å². The maximum absolute atomic E-state index is 12.6. The summed E-state index contributed by atoms with van der Waals surface area (Å²) in [5.41, 5.74) is 8.27. The number of nitrogens with one attached hydrogen (secondary N) is 1. The summed E-state index contributed by atoms with van der Waals surface area (Å²) >= 11 is 0. The smallest absolute Gasteiger partial charge is 0.237 e. The Kier molecular flexibility index (Phi) is 5.20. The summed E-state index contributed by atoms with van der Waals surface area (Å²) in [5, 5.41) is 1.06. The van der Waals surface area contributed by atoms with E-state index in [1.165, 1.54) is 0 Å². The summed E-state index contributed by atoms with van der Waals surface area (Å²) < 4.78 is 0. The highest BCUT2D eigenvalue weighted by Crippen LogP contribution is 2.22. The molecule has 0 radical (unpaired) electrons. The minimum Gasteiger partial charge on any atom is -0.368 e. The van der Waals surface area contributed by atoms with Crippen molar-refractivity contribution in [1.29, 1.82) is 0 Å². The minimum atomic E-state index is -0.472. The highest BCUT2D eigenvalue weighted by atomic mass is 16.2. The number of carbonyl (C=O) groups excluding carboxylic acids is 2. The third-order valence-corrected chi connectivity index (χ3v) is 3.84. The average molecular weight is 301 g/mol. The van der Waals surface area contributed by atoms with Gasteiger partial charge in [0.25, 0.3) is 0 Å². The van der Waals surface area contributed by atoms with Gasteiger partial charge < -0.3 is 15.6 Å². The van der Waals surface area contributed by atoms with Crippen LogP contribution in [0.5, 0.6) is 0 Å². The molecule has 3 N–H and O–H groups in total. The van der Waals surface area contributed by atoms with Crippen LogP contribution in [0.2, 0.25) is 0 Å². The number of carbonyl (C=O) groups is 2. The van der Waals surface area contributed by atoms with Gasteiger partial charge in [0.1, 0.15) is 0 Å². The van der Waals surface area contributed by atoms with Gasteiger partial charge in [-0.25, -0.2) is 0 Å². The second-order valence-corrected chi connectivity index (χ2v) is 5.59. The quantitative estimate of drug-likeness (QED) is 0.821. The predicted octanol–water partition coefficient (Wildman–Crippen LogP) is 2.13. The monoisotopic (exact) mass is 301 g/mol. The Balaban J connectivity index is 2.20.